The third kappa shape index (κ3) is 3.74. The van der Waals surface area contributed by atoms with Gasteiger partial charge in [0.15, 0.2) is 0 Å². The van der Waals surface area contributed by atoms with Gasteiger partial charge in [0.05, 0.1) is 0 Å². The van der Waals surface area contributed by atoms with Crippen molar-refractivity contribution >= 4 is 9.24 Å². The van der Waals surface area contributed by atoms with E-state index in [1.54, 1.807) is 0 Å². The van der Waals surface area contributed by atoms with Crippen LogP contribution in [0.3, 0.4) is 0 Å². The fourth-order valence-electron chi connectivity index (χ4n) is 4.70. The zero-order valence-electron chi connectivity index (χ0n) is 18.0. The van der Waals surface area contributed by atoms with Crippen molar-refractivity contribution in [2.75, 3.05) is 0 Å². The molecule has 0 aliphatic heterocycles. The largest absolute Gasteiger partial charge is 0.485 e. The standard InChI is InChI=1S/C27H31OP/c1-5-20-14-18(3)27(15-17(20)2)28-26-13-12-24-23(10-7-11-25(24)26)22-9-6-8-21(16-29)19(22)4/h6-11,14-15,26H,5,12-13,16,29H2,1-4H3. The smallest absolute Gasteiger partial charge is 0.124 e. The van der Waals surface area contributed by atoms with Crippen molar-refractivity contribution in [1.29, 1.82) is 0 Å². The maximum Gasteiger partial charge on any atom is 0.124 e. The van der Waals surface area contributed by atoms with E-state index < -0.39 is 0 Å². The maximum atomic E-state index is 6.58. The highest BCUT2D eigenvalue weighted by Crippen LogP contribution is 2.42. The molecule has 0 N–H and O–H groups in total. The van der Waals surface area contributed by atoms with Gasteiger partial charge in [-0.25, -0.2) is 0 Å². The van der Waals surface area contributed by atoms with Crippen molar-refractivity contribution in [2.24, 2.45) is 0 Å². The molecule has 1 aliphatic carbocycles. The molecule has 1 nitrogen and oxygen atoms in total. The lowest BCUT2D eigenvalue weighted by Gasteiger charge is -2.19. The predicted octanol–water partition coefficient (Wildman–Crippen LogP) is 7.28. The average molecular weight is 403 g/mol. The maximum absolute atomic E-state index is 6.58. The first-order valence-electron chi connectivity index (χ1n) is 10.7. The molecule has 0 radical (unpaired) electrons. The Morgan fingerprint density at radius 1 is 0.931 bits per heavy atom. The minimum atomic E-state index is 0.140. The number of hydrogen-bond acceptors (Lipinski definition) is 1. The van der Waals surface area contributed by atoms with Crippen molar-refractivity contribution in [3.63, 3.8) is 0 Å². The second-order valence-corrected chi connectivity index (χ2v) is 8.62. The molecule has 0 heterocycles. The molecule has 2 atom stereocenters. The van der Waals surface area contributed by atoms with Crippen LogP contribution in [0.1, 0.15) is 58.4 Å². The first kappa shape index (κ1) is 20.2. The van der Waals surface area contributed by atoms with E-state index in [9.17, 15) is 0 Å². The molecule has 0 amide bonds. The van der Waals surface area contributed by atoms with Crippen LogP contribution in [0.2, 0.25) is 0 Å². The van der Waals surface area contributed by atoms with Crippen LogP contribution in [-0.4, -0.2) is 0 Å². The van der Waals surface area contributed by atoms with Crippen molar-refractivity contribution in [1.82, 2.24) is 0 Å². The van der Waals surface area contributed by atoms with Crippen LogP contribution in [0.15, 0.2) is 48.5 Å². The van der Waals surface area contributed by atoms with Gasteiger partial charge in [0.2, 0.25) is 0 Å². The Bertz CT molecular complexity index is 1050. The van der Waals surface area contributed by atoms with Gasteiger partial charge in [0.1, 0.15) is 11.9 Å². The van der Waals surface area contributed by atoms with E-state index in [0.717, 1.165) is 31.2 Å². The van der Waals surface area contributed by atoms with Crippen LogP contribution < -0.4 is 4.74 Å². The van der Waals surface area contributed by atoms with Crippen LogP contribution in [0.5, 0.6) is 5.75 Å². The van der Waals surface area contributed by atoms with E-state index in [1.807, 2.05) is 0 Å². The van der Waals surface area contributed by atoms with Gasteiger partial charge in [-0.05, 0) is 102 Å². The summed E-state index contributed by atoms with van der Waals surface area (Å²) in [7, 11) is 2.85. The zero-order chi connectivity index (χ0) is 20.5. The van der Waals surface area contributed by atoms with Gasteiger partial charge in [-0.1, -0.05) is 49.4 Å². The molecule has 0 bridgehead atoms. The van der Waals surface area contributed by atoms with Gasteiger partial charge < -0.3 is 4.74 Å². The topological polar surface area (TPSA) is 9.23 Å². The first-order chi connectivity index (χ1) is 14.0. The summed E-state index contributed by atoms with van der Waals surface area (Å²) in [6.45, 7) is 8.81. The number of hydrogen-bond donors (Lipinski definition) is 0. The second-order valence-electron chi connectivity index (χ2n) is 8.21. The van der Waals surface area contributed by atoms with Gasteiger partial charge in [-0.3, -0.25) is 0 Å². The van der Waals surface area contributed by atoms with Gasteiger partial charge in [0, 0.05) is 0 Å². The summed E-state index contributed by atoms with van der Waals surface area (Å²) in [5, 5.41) is 0. The molecule has 0 spiro atoms. The Kier molecular flexibility index (Phi) is 5.79. The molecule has 0 saturated carbocycles. The Labute approximate surface area is 177 Å². The highest BCUT2D eigenvalue weighted by Gasteiger charge is 2.27. The molecule has 4 rings (SSSR count). The van der Waals surface area contributed by atoms with Crippen LogP contribution in [-0.2, 0) is 19.0 Å². The number of rotatable bonds is 5. The Morgan fingerprint density at radius 2 is 1.69 bits per heavy atom. The summed E-state index contributed by atoms with van der Waals surface area (Å²) in [5.41, 5.74) is 12.3. The summed E-state index contributed by atoms with van der Waals surface area (Å²) < 4.78 is 6.58. The normalized spacial score (nSPS) is 15.4. The fourth-order valence-corrected chi connectivity index (χ4v) is 5.14. The molecule has 2 heteroatoms. The molecule has 1 aliphatic rings. The monoisotopic (exact) mass is 402 g/mol. The molecule has 0 fully saturated rings. The van der Waals surface area contributed by atoms with E-state index in [0.29, 0.717) is 0 Å². The van der Waals surface area contributed by atoms with E-state index in [-0.39, 0.29) is 6.10 Å². The van der Waals surface area contributed by atoms with E-state index in [1.165, 1.54) is 50.1 Å². The Hall–Kier alpha value is -2.11. The first-order valence-corrected chi connectivity index (χ1v) is 11.5. The van der Waals surface area contributed by atoms with Crippen molar-refractivity contribution in [3.05, 3.63) is 87.5 Å². The van der Waals surface area contributed by atoms with Gasteiger partial charge >= 0.3 is 0 Å². The lowest BCUT2D eigenvalue weighted by atomic mass is 9.92. The lowest BCUT2D eigenvalue weighted by molar-refractivity contribution is 0.206. The molecular weight excluding hydrogens is 371 g/mol. The van der Waals surface area contributed by atoms with Gasteiger partial charge in [-0.2, -0.15) is 0 Å². The summed E-state index contributed by atoms with van der Waals surface area (Å²) in [6.07, 6.45) is 4.32. The number of fused-ring (bicyclic) bond motifs is 1. The summed E-state index contributed by atoms with van der Waals surface area (Å²) in [5.74, 6) is 1.03. The summed E-state index contributed by atoms with van der Waals surface area (Å²) in [4.78, 5) is 0. The number of aryl methyl sites for hydroxylation is 3. The van der Waals surface area contributed by atoms with E-state index >= 15 is 0 Å². The Morgan fingerprint density at radius 3 is 2.45 bits per heavy atom. The highest BCUT2D eigenvalue weighted by molar-refractivity contribution is 7.15. The van der Waals surface area contributed by atoms with E-state index in [4.69, 9.17) is 4.74 Å². The van der Waals surface area contributed by atoms with Gasteiger partial charge in [-0.15, -0.1) is 9.24 Å². The van der Waals surface area contributed by atoms with Crippen LogP contribution >= 0.6 is 9.24 Å². The Balaban J connectivity index is 1.70. The van der Waals surface area contributed by atoms with Crippen molar-refractivity contribution < 1.29 is 4.74 Å². The molecule has 3 aromatic carbocycles. The highest BCUT2D eigenvalue weighted by atomic mass is 31.0. The number of ether oxygens (including phenoxy) is 1. The van der Waals surface area contributed by atoms with Gasteiger partial charge in [0.25, 0.3) is 0 Å². The minimum absolute atomic E-state index is 0.140. The third-order valence-corrected chi connectivity index (χ3v) is 6.90. The SMILES string of the molecule is CCc1cc(C)c(OC2CCc3c(-c4cccc(CP)c4C)cccc32)cc1C. The van der Waals surface area contributed by atoms with E-state index in [2.05, 4.69) is 85.5 Å². The molecule has 3 aromatic rings. The molecule has 0 saturated heterocycles. The predicted molar refractivity (Wildman–Crippen MR) is 127 cm³/mol. The number of benzene rings is 3. The fraction of sp³-hybridized carbons (Fsp3) is 0.333. The van der Waals surface area contributed by atoms with Crippen molar-refractivity contribution in [3.8, 4) is 16.9 Å². The molecular formula is C27H31OP. The molecule has 150 valence electrons. The zero-order valence-corrected chi connectivity index (χ0v) is 19.2. The molecule has 0 aromatic heterocycles. The third-order valence-electron chi connectivity index (χ3n) is 6.46. The van der Waals surface area contributed by atoms with Crippen molar-refractivity contribution in [2.45, 2.75) is 59.2 Å². The molecule has 2 unspecified atom stereocenters. The second kappa shape index (κ2) is 8.33. The summed E-state index contributed by atoms with van der Waals surface area (Å²) in [6, 6.07) is 17.9. The van der Waals surface area contributed by atoms with Crippen LogP contribution in [0.25, 0.3) is 11.1 Å². The molecule has 29 heavy (non-hydrogen) atoms. The quantitative estimate of drug-likeness (QED) is 0.407. The van der Waals surface area contributed by atoms with Crippen LogP contribution in [0, 0.1) is 20.8 Å². The minimum Gasteiger partial charge on any atom is -0.485 e. The van der Waals surface area contributed by atoms with Crippen LogP contribution in [0.4, 0.5) is 0 Å². The lowest BCUT2D eigenvalue weighted by Crippen LogP contribution is -2.05. The average Bonchev–Trinajstić information content (AvgIpc) is 3.14. The summed E-state index contributed by atoms with van der Waals surface area (Å²) >= 11 is 0.